The van der Waals surface area contributed by atoms with Crippen molar-refractivity contribution in [2.75, 3.05) is 13.2 Å². The Labute approximate surface area is 423 Å². The SMILES string of the molecule is CC/C=C\C/C=C\C/C=C\C/C=C\C/C=C\CCCCCC(=O)O[C@H](COC(=O)CCCCCC/C=C\C/C=C\C/C=C\C/C=C\CC)COC(=O)CCCCCCC/C=C\C/C=C\C/C=C\CC. The molecular formula is C63H98O6. The van der Waals surface area contributed by atoms with E-state index in [9.17, 15) is 14.4 Å². The Bertz CT molecular complexity index is 1560. The van der Waals surface area contributed by atoms with Crippen molar-refractivity contribution in [1.82, 2.24) is 0 Å². The first-order valence-electron chi connectivity index (χ1n) is 27.3. The molecule has 0 saturated heterocycles. The quantitative estimate of drug-likeness (QED) is 0.0262. The van der Waals surface area contributed by atoms with E-state index >= 15 is 0 Å². The first kappa shape index (κ1) is 64.3. The van der Waals surface area contributed by atoms with E-state index in [0.717, 1.165) is 167 Å². The number of allylic oxidation sites excluding steroid dienone is 24. The molecule has 0 heterocycles. The number of esters is 3. The highest BCUT2D eigenvalue weighted by atomic mass is 16.6. The fraction of sp³-hybridized carbons (Fsp3) is 0.571. The van der Waals surface area contributed by atoms with Crippen molar-refractivity contribution >= 4 is 17.9 Å². The zero-order valence-electron chi connectivity index (χ0n) is 44.0. The van der Waals surface area contributed by atoms with Crippen LogP contribution in [0.5, 0.6) is 0 Å². The molecule has 0 aliphatic heterocycles. The van der Waals surface area contributed by atoms with Crippen molar-refractivity contribution in [1.29, 1.82) is 0 Å². The Morgan fingerprint density at radius 3 is 0.826 bits per heavy atom. The first-order chi connectivity index (χ1) is 34.0. The molecular weight excluding hydrogens is 853 g/mol. The highest BCUT2D eigenvalue weighted by Crippen LogP contribution is 2.12. The van der Waals surface area contributed by atoms with Crippen LogP contribution in [0, 0.1) is 0 Å². The summed E-state index contributed by atoms with van der Waals surface area (Å²) in [4.78, 5) is 38.1. The van der Waals surface area contributed by atoms with Gasteiger partial charge in [0.05, 0.1) is 0 Å². The predicted octanol–water partition coefficient (Wildman–Crippen LogP) is 18.4. The molecule has 0 aromatic heterocycles. The van der Waals surface area contributed by atoms with Crippen LogP contribution in [0.15, 0.2) is 146 Å². The van der Waals surface area contributed by atoms with Crippen molar-refractivity contribution in [2.45, 2.75) is 219 Å². The molecule has 6 nitrogen and oxygen atoms in total. The van der Waals surface area contributed by atoms with Gasteiger partial charge in [0.25, 0.3) is 0 Å². The highest BCUT2D eigenvalue weighted by Gasteiger charge is 2.19. The molecule has 0 fully saturated rings. The number of carbonyl (C=O) groups is 3. The summed E-state index contributed by atoms with van der Waals surface area (Å²) in [6.07, 6.45) is 79.7. The number of carbonyl (C=O) groups excluding carboxylic acids is 3. The van der Waals surface area contributed by atoms with Gasteiger partial charge in [-0.2, -0.15) is 0 Å². The maximum Gasteiger partial charge on any atom is 0.306 e. The number of unbranched alkanes of at least 4 members (excludes halogenated alkanes) is 12. The summed E-state index contributed by atoms with van der Waals surface area (Å²) in [6.45, 7) is 6.22. The lowest BCUT2D eigenvalue weighted by molar-refractivity contribution is -0.167. The van der Waals surface area contributed by atoms with Gasteiger partial charge in [-0.3, -0.25) is 14.4 Å². The summed E-state index contributed by atoms with van der Waals surface area (Å²) < 4.78 is 16.8. The molecule has 0 bridgehead atoms. The van der Waals surface area contributed by atoms with Gasteiger partial charge >= 0.3 is 17.9 Å². The van der Waals surface area contributed by atoms with Crippen LogP contribution in [0.1, 0.15) is 213 Å². The molecule has 0 aliphatic carbocycles. The maximum absolute atomic E-state index is 12.8. The predicted molar refractivity (Wildman–Crippen MR) is 297 cm³/mol. The summed E-state index contributed by atoms with van der Waals surface area (Å²) in [7, 11) is 0. The Kier molecular flexibility index (Phi) is 52.1. The van der Waals surface area contributed by atoms with E-state index < -0.39 is 6.10 Å². The Morgan fingerprint density at radius 2 is 0.522 bits per heavy atom. The van der Waals surface area contributed by atoms with Crippen molar-refractivity contribution in [3.63, 3.8) is 0 Å². The van der Waals surface area contributed by atoms with Crippen molar-refractivity contribution in [2.24, 2.45) is 0 Å². The molecule has 0 spiro atoms. The zero-order chi connectivity index (χ0) is 50.0. The van der Waals surface area contributed by atoms with Crippen LogP contribution < -0.4 is 0 Å². The van der Waals surface area contributed by atoms with Crippen LogP contribution >= 0.6 is 0 Å². The lowest BCUT2D eigenvalue weighted by Gasteiger charge is -2.18. The summed E-state index contributed by atoms with van der Waals surface area (Å²) in [5, 5.41) is 0. The molecule has 0 N–H and O–H groups in total. The summed E-state index contributed by atoms with van der Waals surface area (Å²) in [6, 6.07) is 0. The van der Waals surface area contributed by atoms with E-state index in [0.29, 0.717) is 19.3 Å². The van der Waals surface area contributed by atoms with E-state index in [2.05, 4.69) is 167 Å². The van der Waals surface area contributed by atoms with Gasteiger partial charge in [-0.15, -0.1) is 0 Å². The van der Waals surface area contributed by atoms with Gasteiger partial charge in [-0.25, -0.2) is 0 Å². The second kappa shape index (κ2) is 55.9. The average Bonchev–Trinajstić information content (AvgIpc) is 3.35. The molecule has 69 heavy (non-hydrogen) atoms. The van der Waals surface area contributed by atoms with Gasteiger partial charge in [0.15, 0.2) is 6.10 Å². The van der Waals surface area contributed by atoms with Crippen LogP contribution in [-0.4, -0.2) is 37.2 Å². The first-order valence-corrected chi connectivity index (χ1v) is 27.3. The number of rotatable bonds is 47. The standard InChI is InChI=1S/C63H98O6/c1-4-7-10-13-16-19-22-25-28-30-31-33-36-39-42-45-48-51-54-57-63(66)69-60(58-67-61(64)55-52-49-46-43-40-37-34-27-24-21-18-15-12-9-6-3)59-68-62(65)56-53-50-47-44-41-38-35-32-29-26-23-20-17-14-11-8-5-2/h7-12,16-21,25-29,31,33-35,38-39,42,60H,4-6,13-15,22-24,30,32,36-37,40-41,43-59H2,1-3H3/b10-7-,11-8-,12-9-,19-16-,20-17-,21-18-,28-25-,29-26-,33-31-,34-27-,38-35-,42-39-/t60-/m0/s1. The number of hydrogen-bond acceptors (Lipinski definition) is 6. The average molecular weight is 951 g/mol. The van der Waals surface area contributed by atoms with Gasteiger partial charge < -0.3 is 14.2 Å². The maximum atomic E-state index is 12.8. The third-order valence-corrected chi connectivity index (χ3v) is 10.8. The molecule has 0 radical (unpaired) electrons. The fourth-order valence-electron chi connectivity index (χ4n) is 6.83. The van der Waals surface area contributed by atoms with E-state index in [4.69, 9.17) is 14.2 Å². The van der Waals surface area contributed by atoms with Crippen LogP contribution in [0.3, 0.4) is 0 Å². The van der Waals surface area contributed by atoms with Crippen molar-refractivity contribution in [3.8, 4) is 0 Å². The number of hydrogen-bond donors (Lipinski definition) is 0. The smallest absolute Gasteiger partial charge is 0.306 e. The molecule has 386 valence electrons. The Balaban J connectivity index is 4.56. The van der Waals surface area contributed by atoms with Crippen molar-refractivity contribution in [3.05, 3.63) is 146 Å². The highest BCUT2D eigenvalue weighted by molar-refractivity contribution is 5.71. The summed E-state index contributed by atoms with van der Waals surface area (Å²) >= 11 is 0. The molecule has 0 amide bonds. The number of ether oxygens (including phenoxy) is 3. The van der Waals surface area contributed by atoms with E-state index in [1.54, 1.807) is 0 Å². The summed E-state index contributed by atoms with van der Waals surface area (Å²) in [5.41, 5.74) is 0. The minimum atomic E-state index is -0.820. The molecule has 0 aromatic rings. The van der Waals surface area contributed by atoms with Gasteiger partial charge in [-0.05, 0) is 135 Å². The third kappa shape index (κ3) is 54.1. The van der Waals surface area contributed by atoms with Gasteiger partial charge in [0, 0.05) is 19.3 Å². The molecule has 0 aliphatic rings. The normalized spacial score (nSPS) is 13.3. The largest absolute Gasteiger partial charge is 0.462 e. The van der Waals surface area contributed by atoms with Gasteiger partial charge in [-0.1, -0.05) is 205 Å². The molecule has 0 aromatic carbocycles. The summed E-state index contributed by atoms with van der Waals surface area (Å²) in [5.74, 6) is -0.996. The topological polar surface area (TPSA) is 78.9 Å². The van der Waals surface area contributed by atoms with E-state index in [1.807, 2.05) is 0 Å². The minimum absolute atomic E-state index is 0.115. The van der Waals surface area contributed by atoms with Crippen LogP contribution in [0.2, 0.25) is 0 Å². The molecule has 6 heteroatoms. The van der Waals surface area contributed by atoms with E-state index in [1.165, 1.54) is 0 Å². The molecule has 0 saturated carbocycles. The molecule has 0 unspecified atom stereocenters. The Morgan fingerprint density at radius 1 is 0.290 bits per heavy atom. The van der Waals surface area contributed by atoms with Crippen LogP contribution in [0.25, 0.3) is 0 Å². The monoisotopic (exact) mass is 951 g/mol. The minimum Gasteiger partial charge on any atom is -0.462 e. The fourth-order valence-corrected chi connectivity index (χ4v) is 6.83. The lowest BCUT2D eigenvalue weighted by atomic mass is 10.1. The van der Waals surface area contributed by atoms with Crippen LogP contribution in [-0.2, 0) is 28.6 Å². The second-order valence-electron chi connectivity index (χ2n) is 17.3. The van der Waals surface area contributed by atoms with Crippen LogP contribution in [0.4, 0.5) is 0 Å². The van der Waals surface area contributed by atoms with Gasteiger partial charge in [0.2, 0.25) is 0 Å². The molecule has 1 atom stereocenters. The third-order valence-electron chi connectivity index (χ3n) is 10.8. The van der Waals surface area contributed by atoms with E-state index in [-0.39, 0.29) is 37.5 Å². The van der Waals surface area contributed by atoms with Crippen molar-refractivity contribution < 1.29 is 28.6 Å². The molecule has 0 rings (SSSR count). The zero-order valence-corrected chi connectivity index (χ0v) is 44.0. The second-order valence-corrected chi connectivity index (χ2v) is 17.3. The van der Waals surface area contributed by atoms with Gasteiger partial charge in [0.1, 0.15) is 13.2 Å². The Hall–Kier alpha value is -4.71. The lowest BCUT2D eigenvalue weighted by Crippen LogP contribution is -2.30.